The van der Waals surface area contributed by atoms with Gasteiger partial charge >= 0.3 is 0 Å². The second kappa shape index (κ2) is 13.3. The van der Waals surface area contributed by atoms with Crippen LogP contribution in [0.4, 0.5) is 5.69 Å². The van der Waals surface area contributed by atoms with Gasteiger partial charge in [0.25, 0.3) is 17.2 Å². The van der Waals surface area contributed by atoms with Gasteiger partial charge in [0.1, 0.15) is 11.8 Å². The van der Waals surface area contributed by atoms with Crippen LogP contribution in [0.15, 0.2) is 104 Å². The first-order valence-electron chi connectivity index (χ1n) is 14.9. The summed E-state index contributed by atoms with van der Waals surface area (Å²) in [5.74, 6) is 0.314. The summed E-state index contributed by atoms with van der Waals surface area (Å²) < 4.78 is 7.72. The zero-order valence-corrected chi connectivity index (χ0v) is 27.7. The number of rotatable bonds is 9. The van der Waals surface area contributed by atoms with E-state index in [4.69, 9.17) is 9.73 Å². The number of hydrogen-bond donors (Lipinski definition) is 0. The molecule has 0 saturated heterocycles. The fourth-order valence-electron chi connectivity index (χ4n) is 5.72. The molecule has 13 heteroatoms. The van der Waals surface area contributed by atoms with Crippen molar-refractivity contribution in [3.63, 3.8) is 0 Å². The molecule has 0 aliphatic carbocycles. The standard InChI is InChI=1S/C34H30N6O5S2/c1-5-38(6-2)32(42)28-20(3)37-34-39(30(28)29-24-11-8-7-10-21(24)12-14-25(29)45-4)31(41)27(47-34)19-22-18-23(40(43)44)13-15-26(22)46-33-35-16-9-17-36-33/h7-19,30H,5-6H2,1-4H3/b27-19-/t30-/m0/s1. The number of likely N-dealkylation sites (N-methyl/N-ethyl adjacent to an activating group) is 1. The fraction of sp³-hybridized carbons (Fsp3) is 0.206. The first-order chi connectivity index (χ1) is 22.7. The molecule has 1 atom stereocenters. The summed E-state index contributed by atoms with van der Waals surface area (Å²) in [5, 5.41) is 14.0. The number of ether oxygens (including phenoxy) is 1. The average Bonchev–Trinajstić information content (AvgIpc) is 3.38. The second-order valence-electron chi connectivity index (χ2n) is 10.6. The predicted octanol–water partition coefficient (Wildman–Crippen LogP) is 5.11. The van der Waals surface area contributed by atoms with Gasteiger partial charge in [-0.15, -0.1) is 0 Å². The van der Waals surface area contributed by atoms with Gasteiger partial charge in [0.2, 0.25) is 0 Å². The highest BCUT2D eigenvalue weighted by Crippen LogP contribution is 2.40. The summed E-state index contributed by atoms with van der Waals surface area (Å²) in [6.07, 6.45) is 4.85. The van der Waals surface area contributed by atoms with Crippen LogP contribution in [0, 0.1) is 10.1 Å². The molecule has 0 unspecified atom stereocenters. The lowest BCUT2D eigenvalue weighted by atomic mass is 9.90. The van der Waals surface area contributed by atoms with Crippen LogP contribution in [0.25, 0.3) is 16.8 Å². The third-order valence-corrected chi connectivity index (χ3v) is 9.93. The summed E-state index contributed by atoms with van der Waals surface area (Å²) in [5.41, 5.74) is 1.51. The number of hydrogen-bond acceptors (Lipinski definition) is 10. The number of nitro groups is 1. The van der Waals surface area contributed by atoms with Gasteiger partial charge in [-0.25, -0.2) is 15.0 Å². The summed E-state index contributed by atoms with van der Waals surface area (Å²) in [6, 6.07) is 16.9. The van der Waals surface area contributed by atoms with Crippen LogP contribution in [-0.2, 0) is 4.79 Å². The van der Waals surface area contributed by atoms with Gasteiger partial charge in [-0.05, 0) is 73.1 Å². The van der Waals surface area contributed by atoms with E-state index in [0.29, 0.717) is 60.6 Å². The normalized spacial score (nSPS) is 14.6. The maximum atomic E-state index is 14.5. The molecule has 5 aromatic rings. The van der Waals surface area contributed by atoms with Gasteiger partial charge in [-0.1, -0.05) is 41.7 Å². The number of thiazole rings is 1. The molecule has 238 valence electrons. The molecule has 0 N–H and O–H groups in total. The summed E-state index contributed by atoms with van der Waals surface area (Å²) in [4.78, 5) is 56.1. The third kappa shape index (κ3) is 5.95. The van der Waals surface area contributed by atoms with Crippen molar-refractivity contribution in [1.29, 1.82) is 0 Å². The minimum absolute atomic E-state index is 0.122. The Morgan fingerprint density at radius 2 is 1.85 bits per heavy atom. The van der Waals surface area contributed by atoms with E-state index in [-0.39, 0.29) is 17.2 Å². The van der Waals surface area contributed by atoms with Crippen LogP contribution in [0.2, 0.25) is 0 Å². The summed E-state index contributed by atoms with van der Waals surface area (Å²) in [6.45, 7) is 6.57. The smallest absolute Gasteiger partial charge is 0.271 e. The topological polar surface area (TPSA) is 133 Å². The van der Waals surface area contributed by atoms with Gasteiger partial charge < -0.3 is 9.64 Å². The van der Waals surface area contributed by atoms with Crippen LogP contribution >= 0.6 is 23.1 Å². The molecule has 6 rings (SSSR count). The van der Waals surface area contributed by atoms with Crippen LogP contribution in [0.1, 0.15) is 37.9 Å². The maximum Gasteiger partial charge on any atom is 0.271 e. The average molecular weight is 667 g/mol. The van der Waals surface area contributed by atoms with Crippen molar-refractivity contribution in [3.05, 3.63) is 125 Å². The number of methoxy groups -OCH3 is 1. The lowest BCUT2D eigenvalue weighted by Gasteiger charge is -2.30. The number of fused-ring (bicyclic) bond motifs is 2. The van der Waals surface area contributed by atoms with Crippen molar-refractivity contribution in [1.82, 2.24) is 19.4 Å². The lowest BCUT2D eigenvalue weighted by molar-refractivity contribution is -0.384. The number of aromatic nitrogens is 3. The van der Waals surface area contributed by atoms with Crippen molar-refractivity contribution in [2.75, 3.05) is 20.2 Å². The van der Waals surface area contributed by atoms with Crippen molar-refractivity contribution >= 4 is 51.5 Å². The Labute approximate surface area is 277 Å². The van der Waals surface area contributed by atoms with Crippen molar-refractivity contribution in [3.8, 4) is 5.75 Å². The van der Waals surface area contributed by atoms with E-state index in [1.54, 1.807) is 54.1 Å². The van der Waals surface area contributed by atoms with Crippen molar-refractivity contribution in [2.24, 2.45) is 4.99 Å². The Bertz CT molecular complexity index is 2240. The Morgan fingerprint density at radius 3 is 2.55 bits per heavy atom. The van der Waals surface area contributed by atoms with E-state index in [1.165, 1.54) is 23.9 Å². The van der Waals surface area contributed by atoms with Crippen LogP contribution in [0.3, 0.4) is 0 Å². The largest absolute Gasteiger partial charge is 0.496 e. The minimum Gasteiger partial charge on any atom is -0.496 e. The molecular weight excluding hydrogens is 637 g/mol. The number of allylic oxidation sites excluding steroid dienone is 1. The minimum atomic E-state index is -0.848. The first-order valence-corrected chi connectivity index (χ1v) is 16.5. The second-order valence-corrected chi connectivity index (χ2v) is 12.6. The number of nitro benzene ring substituents is 1. The zero-order valence-electron chi connectivity index (χ0n) is 26.0. The molecular formula is C34H30N6O5S2. The predicted molar refractivity (Wildman–Crippen MR) is 181 cm³/mol. The van der Waals surface area contributed by atoms with E-state index >= 15 is 0 Å². The Kier molecular flexibility index (Phi) is 9.01. The number of nitrogens with zero attached hydrogens (tertiary/aromatic N) is 6. The maximum absolute atomic E-state index is 14.5. The summed E-state index contributed by atoms with van der Waals surface area (Å²) in [7, 11) is 1.57. The zero-order chi connectivity index (χ0) is 33.2. The van der Waals surface area contributed by atoms with Crippen molar-refractivity contribution < 1.29 is 14.5 Å². The summed E-state index contributed by atoms with van der Waals surface area (Å²) >= 11 is 2.39. The van der Waals surface area contributed by atoms with Gasteiger partial charge in [0.05, 0.1) is 27.8 Å². The van der Waals surface area contributed by atoms with E-state index in [1.807, 2.05) is 50.2 Å². The fourth-order valence-corrected chi connectivity index (χ4v) is 7.55. The van der Waals surface area contributed by atoms with Gasteiger partial charge in [-0.3, -0.25) is 24.3 Å². The van der Waals surface area contributed by atoms with Gasteiger partial charge in [0, 0.05) is 48.1 Å². The van der Waals surface area contributed by atoms with E-state index < -0.39 is 11.0 Å². The molecule has 3 aromatic carbocycles. The molecule has 0 bridgehead atoms. The molecule has 0 radical (unpaired) electrons. The van der Waals surface area contributed by atoms with E-state index in [0.717, 1.165) is 22.1 Å². The molecule has 0 spiro atoms. The molecule has 3 heterocycles. The molecule has 0 saturated carbocycles. The van der Waals surface area contributed by atoms with Gasteiger partial charge in [0.15, 0.2) is 9.96 Å². The molecule has 47 heavy (non-hydrogen) atoms. The van der Waals surface area contributed by atoms with Crippen LogP contribution in [0.5, 0.6) is 5.75 Å². The third-order valence-electron chi connectivity index (χ3n) is 7.96. The Balaban J connectivity index is 1.63. The van der Waals surface area contributed by atoms with E-state index in [2.05, 4.69) is 9.97 Å². The number of benzene rings is 3. The highest BCUT2D eigenvalue weighted by atomic mass is 32.2. The number of carbonyl (C=O) groups excluding carboxylic acids is 1. The highest BCUT2D eigenvalue weighted by molar-refractivity contribution is 7.99. The number of non-ortho nitro benzene ring substituents is 1. The Hall–Kier alpha value is -5.14. The molecule has 11 nitrogen and oxygen atoms in total. The Morgan fingerprint density at radius 1 is 1.11 bits per heavy atom. The molecule has 1 aliphatic heterocycles. The van der Waals surface area contributed by atoms with Crippen LogP contribution < -0.4 is 19.6 Å². The SMILES string of the molecule is CCN(CC)C(=O)C1=C(C)N=c2s/c(=C\c3cc([N+](=O)[O-])ccc3Sc3ncccn3)c(=O)n2[C@@H]1c1c(OC)ccc2ccccc12. The quantitative estimate of drug-likeness (QED) is 0.120. The van der Waals surface area contributed by atoms with Crippen molar-refractivity contribution in [2.45, 2.75) is 36.9 Å². The molecule has 1 aliphatic rings. The van der Waals surface area contributed by atoms with E-state index in [9.17, 15) is 19.7 Å². The monoisotopic (exact) mass is 666 g/mol. The highest BCUT2D eigenvalue weighted by Gasteiger charge is 2.36. The first kappa shape index (κ1) is 31.8. The number of carbonyl (C=O) groups is 1. The molecule has 2 aromatic heterocycles. The lowest BCUT2D eigenvalue weighted by Crippen LogP contribution is -2.43. The number of amides is 1. The molecule has 0 fully saturated rings. The van der Waals surface area contributed by atoms with Gasteiger partial charge in [-0.2, -0.15) is 0 Å². The molecule has 1 amide bonds. The van der Waals surface area contributed by atoms with Crippen LogP contribution in [-0.4, -0.2) is 50.5 Å².